The highest BCUT2D eigenvalue weighted by atomic mass is 32.2. The lowest BCUT2D eigenvalue weighted by molar-refractivity contribution is -0.134. The Bertz CT molecular complexity index is 666. The van der Waals surface area contributed by atoms with Crippen LogP contribution in [0.2, 0.25) is 0 Å². The van der Waals surface area contributed by atoms with Crippen LogP contribution >= 0.6 is 0 Å². The Hall–Kier alpha value is -1.56. The number of carbonyl (C=O) groups is 1. The molecule has 134 valence electrons. The largest absolute Gasteiger partial charge is 0.378 e. The molecule has 0 saturated carbocycles. The molecule has 0 unspecified atom stereocenters. The second-order valence-corrected chi connectivity index (χ2v) is 9.47. The van der Waals surface area contributed by atoms with Crippen LogP contribution in [0.15, 0.2) is 24.3 Å². The summed E-state index contributed by atoms with van der Waals surface area (Å²) in [6, 6.07) is 7.86. The van der Waals surface area contributed by atoms with Gasteiger partial charge in [-0.25, -0.2) is 8.42 Å². The van der Waals surface area contributed by atoms with Gasteiger partial charge in [-0.2, -0.15) is 0 Å². The Morgan fingerprint density at radius 1 is 1.21 bits per heavy atom. The molecular formula is C18H28N2O3S. The van der Waals surface area contributed by atoms with Crippen molar-refractivity contribution in [3.63, 3.8) is 0 Å². The second-order valence-electron chi connectivity index (χ2n) is 7.24. The van der Waals surface area contributed by atoms with Gasteiger partial charge in [0.2, 0.25) is 5.91 Å². The SMILES string of the molecule is CC(C)CC(=O)N(Cc1ccc(N(C)C)cc1)[C@H]1CCS(=O)(=O)C1. The van der Waals surface area contributed by atoms with Crippen LogP contribution in [0.4, 0.5) is 5.69 Å². The van der Waals surface area contributed by atoms with E-state index in [9.17, 15) is 13.2 Å². The molecule has 1 aromatic carbocycles. The standard InChI is InChI=1S/C18H28N2O3S/c1-14(2)11-18(21)20(17-9-10-24(22,23)13-17)12-15-5-7-16(8-6-15)19(3)4/h5-8,14,17H,9-13H2,1-4H3/t17-/m0/s1. The number of hydrogen-bond acceptors (Lipinski definition) is 4. The summed E-state index contributed by atoms with van der Waals surface area (Å²) in [5.74, 6) is 0.577. The molecule has 1 amide bonds. The topological polar surface area (TPSA) is 57.7 Å². The average molecular weight is 353 g/mol. The predicted molar refractivity (Wildman–Crippen MR) is 97.8 cm³/mol. The van der Waals surface area contributed by atoms with Gasteiger partial charge in [-0.05, 0) is 30.0 Å². The van der Waals surface area contributed by atoms with E-state index in [0.29, 0.717) is 19.4 Å². The van der Waals surface area contributed by atoms with Gasteiger partial charge in [0.25, 0.3) is 0 Å². The van der Waals surface area contributed by atoms with Crippen LogP contribution < -0.4 is 4.90 Å². The molecule has 0 aliphatic carbocycles. The normalized spacial score (nSPS) is 19.5. The number of benzene rings is 1. The summed E-state index contributed by atoms with van der Waals surface area (Å²) in [6.07, 6.45) is 0.994. The molecule has 2 rings (SSSR count). The number of carbonyl (C=O) groups excluding carboxylic acids is 1. The summed E-state index contributed by atoms with van der Waals surface area (Å²) in [4.78, 5) is 16.4. The molecule has 24 heavy (non-hydrogen) atoms. The zero-order valence-corrected chi connectivity index (χ0v) is 15.8. The summed E-state index contributed by atoms with van der Waals surface area (Å²) in [7, 11) is 0.953. The van der Waals surface area contributed by atoms with E-state index in [4.69, 9.17) is 0 Å². The molecule has 1 saturated heterocycles. The van der Waals surface area contributed by atoms with Crippen molar-refractivity contribution >= 4 is 21.4 Å². The Labute approximate surface area is 145 Å². The minimum atomic E-state index is -3.01. The first-order valence-corrected chi connectivity index (χ1v) is 10.3. The van der Waals surface area contributed by atoms with Crippen LogP contribution in [0.5, 0.6) is 0 Å². The third-order valence-corrected chi connectivity index (χ3v) is 6.11. The van der Waals surface area contributed by atoms with Crippen LogP contribution in [-0.2, 0) is 21.2 Å². The molecular weight excluding hydrogens is 324 g/mol. The van der Waals surface area contributed by atoms with Gasteiger partial charge < -0.3 is 9.80 Å². The molecule has 0 bridgehead atoms. The molecule has 5 nitrogen and oxygen atoms in total. The van der Waals surface area contributed by atoms with Crippen molar-refractivity contribution in [3.05, 3.63) is 29.8 Å². The zero-order chi connectivity index (χ0) is 17.9. The first-order chi connectivity index (χ1) is 11.2. The highest BCUT2D eigenvalue weighted by Gasteiger charge is 2.34. The van der Waals surface area contributed by atoms with Crippen LogP contribution in [0, 0.1) is 5.92 Å². The van der Waals surface area contributed by atoms with Crippen LogP contribution in [0.25, 0.3) is 0 Å². The summed E-state index contributed by atoms with van der Waals surface area (Å²) in [5.41, 5.74) is 2.13. The van der Waals surface area contributed by atoms with E-state index in [1.165, 1.54) is 0 Å². The van der Waals surface area contributed by atoms with Crippen LogP contribution in [-0.4, -0.2) is 50.9 Å². The van der Waals surface area contributed by atoms with Crippen LogP contribution in [0.1, 0.15) is 32.3 Å². The fourth-order valence-electron chi connectivity index (χ4n) is 3.00. The number of nitrogens with zero attached hydrogens (tertiary/aromatic N) is 2. The van der Waals surface area contributed by atoms with E-state index < -0.39 is 9.84 Å². The number of sulfone groups is 1. The Morgan fingerprint density at radius 2 is 1.83 bits per heavy atom. The van der Waals surface area contributed by atoms with E-state index in [-0.39, 0.29) is 29.4 Å². The lowest BCUT2D eigenvalue weighted by atomic mass is 10.1. The fraction of sp³-hybridized carbons (Fsp3) is 0.611. The quantitative estimate of drug-likeness (QED) is 0.788. The van der Waals surface area contributed by atoms with Crippen molar-refractivity contribution in [1.29, 1.82) is 0 Å². The van der Waals surface area contributed by atoms with E-state index in [1.807, 2.05) is 57.1 Å². The molecule has 1 aliphatic heterocycles. The van der Waals surface area contributed by atoms with Crippen molar-refractivity contribution < 1.29 is 13.2 Å². The number of anilines is 1. The molecule has 1 atom stereocenters. The minimum Gasteiger partial charge on any atom is -0.378 e. The lowest BCUT2D eigenvalue weighted by Gasteiger charge is -2.29. The van der Waals surface area contributed by atoms with Crippen molar-refractivity contribution in [2.45, 2.75) is 39.3 Å². The Kier molecular flexibility index (Phi) is 5.91. The predicted octanol–water partition coefficient (Wildman–Crippen LogP) is 2.31. The average Bonchev–Trinajstić information content (AvgIpc) is 2.84. The zero-order valence-electron chi connectivity index (χ0n) is 15.0. The van der Waals surface area contributed by atoms with E-state index in [1.54, 1.807) is 4.90 Å². The third kappa shape index (κ3) is 4.97. The number of rotatable bonds is 6. The van der Waals surface area contributed by atoms with E-state index in [2.05, 4.69) is 0 Å². The molecule has 0 N–H and O–H groups in total. The minimum absolute atomic E-state index is 0.0452. The highest BCUT2D eigenvalue weighted by molar-refractivity contribution is 7.91. The molecule has 1 aromatic rings. The molecule has 0 aromatic heterocycles. The number of hydrogen-bond donors (Lipinski definition) is 0. The fourth-order valence-corrected chi connectivity index (χ4v) is 4.74. The van der Waals surface area contributed by atoms with Gasteiger partial charge in [0.05, 0.1) is 11.5 Å². The van der Waals surface area contributed by atoms with Crippen molar-refractivity contribution in [2.75, 3.05) is 30.5 Å². The maximum Gasteiger partial charge on any atom is 0.223 e. The van der Waals surface area contributed by atoms with Gasteiger partial charge in [0.1, 0.15) is 0 Å². The summed E-state index contributed by atoms with van der Waals surface area (Å²) < 4.78 is 23.6. The van der Waals surface area contributed by atoms with Gasteiger partial charge in [-0.15, -0.1) is 0 Å². The van der Waals surface area contributed by atoms with E-state index >= 15 is 0 Å². The summed E-state index contributed by atoms with van der Waals surface area (Å²) in [5, 5.41) is 0. The van der Waals surface area contributed by atoms with Crippen molar-refractivity contribution in [1.82, 2.24) is 4.90 Å². The van der Waals surface area contributed by atoms with Gasteiger partial charge in [-0.3, -0.25) is 4.79 Å². The molecule has 6 heteroatoms. The third-order valence-electron chi connectivity index (χ3n) is 4.36. The monoisotopic (exact) mass is 352 g/mol. The second kappa shape index (κ2) is 7.55. The smallest absolute Gasteiger partial charge is 0.223 e. The summed E-state index contributed by atoms with van der Waals surface area (Å²) >= 11 is 0. The molecule has 0 radical (unpaired) electrons. The Balaban J connectivity index is 2.17. The van der Waals surface area contributed by atoms with Gasteiger partial charge in [-0.1, -0.05) is 26.0 Å². The molecule has 1 heterocycles. The maximum absolute atomic E-state index is 12.7. The van der Waals surface area contributed by atoms with Gasteiger partial charge in [0.15, 0.2) is 9.84 Å². The van der Waals surface area contributed by atoms with Gasteiger partial charge in [0, 0.05) is 38.8 Å². The molecule has 0 spiro atoms. The first-order valence-electron chi connectivity index (χ1n) is 8.44. The van der Waals surface area contributed by atoms with Crippen molar-refractivity contribution in [3.8, 4) is 0 Å². The lowest BCUT2D eigenvalue weighted by Crippen LogP contribution is -2.41. The van der Waals surface area contributed by atoms with E-state index in [0.717, 1.165) is 11.3 Å². The maximum atomic E-state index is 12.7. The molecule has 1 aliphatic rings. The Morgan fingerprint density at radius 3 is 2.29 bits per heavy atom. The highest BCUT2D eigenvalue weighted by Crippen LogP contribution is 2.23. The summed E-state index contributed by atoms with van der Waals surface area (Å²) in [6.45, 7) is 4.49. The first kappa shape index (κ1) is 18.8. The molecule has 1 fully saturated rings. The number of amides is 1. The van der Waals surface area contributed by atoms with Crippen LogP contribution in [0.3, 0.4) is 0 Å². The van der Waals surface area contributed by atoms with Crippen molar-refractivity contribution in [2.24, 2.45) is 5.92 Å². The van der Waals surface area contributed by atoms with Gasteiger partial charge >= 0.3 is 0 Å².